The van der Waals surface area contributed by atoms with Crippen molar-refractivity contribution in [3.63, 3.8) is 0 Å². The number of carbonyl (C=O) groups is 1. The average Bonchev–Trinajstić information content (AvgIpc) is 3.01. The van der Waals surface area contributed by atoms with Crippen LogP contribution in [0.3, 0.4) is 0 Å². The number of hydrogen-bond donors (Lipinski definition) is 0. The molecule has 2 aromatic rings. The summed E-state index contributed by atoms with van der Waals surface area (Å²) in [5, 5.41) is 4.37. The standard InChI is InChI=1S/C18H23ClN4O3/c1-12(2)25-17-16(19)9-14(10-20-17)18(24)23-6-4-22(5-7-23)11-15-8-13(3)26-21-15/h8-10,12H,4-7,11H2,1-3H3. The van der Waals surface area contributed by atoms with Crippen LogP contribution in [0, 0.1) is 6.92 Å². The molecule has 3 rings (SSSR count). The van der Waals surface area contributed by atoms with Gasteiger partial charge in [0.05, 0.1) is 17.4 Å². The summed E-state index contributed by atoms with van der Waals surface area (Å²) in [6.45, 7) is 9.28. The van der Waals surface area contributed by atoms with Gasteiger partial charge < -0.3 is 14.2 Å². The molecule has 1 amide bonds. The normalized spacial score (nSPS) is 15.5. The molecular formula is C18H23ClN4O3. The van der Waals surface area contributed by atoms with Gasteiger partial charge in [0.2, 0.25) is 5.88 Å². The van der Waals surface area contributed by atoms with Crippen LogP contribution in [0.2, 0.25) is 5.02 Å². The number of rotatable bonds is 5. The number of pyridine rings is 1. The quantitative estimate of drug-likeness (QED) is 0.796. The Labute approximate surface area is 157 Å². The zero-order valence-corrected chi connectivity index (χ0v) is 16.0. The maximum atomic E-state index is 12.7. The fourth-order valence-electron chi connectivity index (χ4n) is 2.87. The Morgan fingerprint density at radius 2 is 2.04 bits per heavy atom. The molecule has 1 aliphatic heterocycles. The van der Waals surface area contributed by atoms with Crippen molar-refractivity contribution in [2.45, 2.75) is 33.4 Å². The summed E-state index contributed by atoms with van der Waals surface area (Å²) in [7, 11) is 0. The molecule has 1 fully saturated rings. The van der Waals surface area contributed by atoms with E-state index in [1.54, 1.807) is 6.07 Å². The van der Waals surface area contributed by atoms with E-state index in [4.69, 9.17) is 20.9 Å². The smallest absolute Gasteiger partial charge is 0.255 e. The van der Waals surface area contributed by atoms with E-state index in [-0.39, 0.29) is 12.0 Å². The van der Waals surface area contributed by atoms with E-state index >= 15 is 0 Å². The number of halogens is 1. The summed E-state index contributed by atoms with van der Waals surface area (Å²) < 4.78 is 10.6. The van der Waals surface area contributed by atoms with Crippen LogP contribution in [-0.4, -0.2) is 58.1 Å². The predicted molar refractivity (Wildman–Crippen MR) is 97.4 cm³/mol. The third-order valence-electron chi connectivity index (χ3n) is 4.12. The lowest BCUT2D eigenvalue weighted by Crippen LogP contribution is -2.48. The molecule has 8 heteroatoms. The van der Waals surface area contributed by atoms with E-state index in [1.807, 2.05) is 31.7 Å². The van der Waals surface area contributed by atoms with Crippen LogP contribution in [0.5, 0.6) is 5.88 Å². The molecule has 2 aromatic heterocycles. The number of aryl methyl sites for hydroxylation is 1. The van der Waals surface area contributed by atoms with Gasteiger partial charge in [0.1, 0.15) is 10.8 Å². The van der Waals surface area contributed by atoms with Gasteiger partial charge in [0.15, 0.2) is 0 Å². The van der Waals surface area contributed by atoms with E-state index in [0.717, 1.165) is 31.1 Å². The lowest BCUT2D eigenvalue weighted by molar-refractivity contribution is 0.0625. The molecule has 0 saturated carbocycles. The van der Waals surface area contributed by atoms with Gasteiger partial charge in [-0.25, -0.2) is 4.98 Å². The molecule has 0 aliphatic carbocycles. The van der Waals surface area contributed by atoms with Crippen molar-refractivity contribution in [1.29, 1.82) is 0 Å². The number of amides is 1. The number of nitrogens with zero attached hydrogens (tertiary/aromatic N) is 4. The van der Waals surface area contributed by atoms with Gasteiger partial charge in [-0.1, -0.05) is 16.8 Å². The van der Waals surface area contributed by atoms with E-state index in [1.165, 1.54) is 6.20 Å². The molecule has 0 spiro atoms. The van der Waals surface area contributed by atoms with Gasteiger partial charge in [0.25, 0.3) is 5.91 Å². The Morgan fingerprint density at radius 1 is 1.31 bits per heavy atom. The van der Waals surface area contributed by atoms with Crippen LogP contribution in [0.1, 0.15) is 35.7 Å². The first-order valence-electron chi connectivity index (χ1n) is 8.68. The van der Waals surface area contributed by atoms with E-state index in [9.17, 15) is 4.79 Å². The molecule has 0 aromatic carbocycles. The topological polar surface area (TPSA) is 71.7 Å². The summed E-state index contributed by atoms with van der Waals surface area (Å²) in [5.41, 5.74) is 1.39. The highest BCUT2D eigenvalue weighted by Gasteiger charge is 2.23. The highest BCUT2D eigenvalue weighted by molar-refractivity contribution is 6.32. The van der Waals surface area contributed by atoms with Crippen molar-refractivity contribution in [3.05, 3.63) is 40.4 Å². The second-order valence-electron chi connectivity index (χ2n) is 6.67. The number of aromatic nitrogens is 2. The highest BCUT2D eigenvalue weighted by atomic mass is 35.5. The molecule has 1 aliphatic rings. The fraction of sp³-hybridized carbons (Fsp3) is 0.500. The van der Waals surface area contributed by atoms with Gasteiger partial charge in [-0.2, -0.15) is 0 Å². The lowest BCUT2D eigenvalue weighted by atomic mass is 10.2. The molecule has 7 nitrogen and oxygen atoms in total. The Hall–Kier alpha value is -2.12. The van der Waals surface area contributed by atoms with Crippen molar-refractivity contribution in [2.24, 2.45) is 0 Å². The minimum absolute atomic E-state index is 0.0249. The Kier molecular flexibility index (Phi) is 5.78. The average molecular weight is 379 g/mol. The predicted octanol–water partition coefficient (Wildman–Crippen LogP) is 2.78. The van der Waals surface area contributed by atoms with Crippen LogP contribution >= 0.6 is 11.6 Å². The maximum Gasteiger partial charge on any atom is 0.255 e. The summed E-state index contributed by atoms with van der Waals surface area (Å²) >= 11 is 6.19. The number of hydrogen-bond acceptors (Lipinski definition) is 6. The van der Waals surface area contributed by atoms with Crippen LogP contribution in [0.4, 0.5) is 0 Å². The third-order valence-corrected chi connectivity index (χ3v) is 4.39. The van der Waals surface area contributed by atoms with Gasteiger partial charge in [-0.05, 0) is 26.8 Å². The minimum atomic E-state index is -0.0626. The molecule has 1 saturated heterocycles. The molecular weight excluding hydrogens is 356 g/mol. The Balaban J connectivity index is 1.57. The number of piperazine rings is 1. The molecule has 0 bridgehead atoms. The van der Waals surface area contributed by atoms with Crippen molar-refractivity contribution in [2.75, 3.05) is 26.2 Å². The highest BCUT2D eigenvalue weighted by Crippen LogP contribution is 2.24. The van der Waals surface area contributed by atoms with E-state index in [0.29, 0.717) is 29.6 Å². The second kappa shape index (κ2) is 8.05. The summed E-state index contributed by atoms with van der Waals surface area (Å²) in [6.07, 6.45) is 1.50. The number of ether oxygens (including phenoxy) is 1. The van der Waals surface area contributed by atoms with Crippen molar-refractivity contribution < 1.29 is 14.1 Å². The summed E-state index contributed by atoms with van der Waals surface area (Å²) in [4.78, 5) is 20.9. The molecule has 0 N–H and O–H groups in total. The fourth-order valence-corrected chi connectivity index (χ4v) is 3.08. The first-order valence-corrected chi connectivity index (χ1v) is 9.06. The van der Waals surface area contributed by atoms with Crippen LogP contribution in [0.15, 0.2) is 22.9 Å². The monoisotopic (exact) mass is 378 g/mol. The number of carbonyl (C=O) groups excluding carboxylic acids is 1. The third kappa shape index (κ3) is 4.53. The molecule has 3 heterocycles. The van der Waals surface area contributed by atoms with Gasteiger partial charge in [0, 0.05) is 45.0 Å². The van der Waals surface area contributed by atoms with Crippen LogP contribution in [0.25, 0.3) is 0 Å². The molecule has 0 radical (unpaired) electrons. The Bertz CT molecular complexity index is 770. The SMILES string of the molecule is Cc1cc(CN2CCN(C(=O)c3cnc(OC(C)C)c(Cl)c3)CC2)no1. The zero-order valence-electron chi connectivity index (χ0n) is 15.2. The zero-order chi connectivity index (χ0) is 18.7. The Morgan fingerprint density at radius 3 is 2.62 bits per heavy atom. The van der Waals surface area contributed by atoms with Gasteiger partial charge in [-0.15, -0.1) is 0 Å². The van der Waals surface area contributed by atoms with E-state index < -0.39 is 0 Å². The summed E-state index contributed by atoms with van der Waals surface area (Å²) in [6, 6.07) is 3.56. The summed E-state index contributed by atoms with van der Waals surface area (Å²) in [5.74, 6) is 1.10. The van der Waals surface area contributed by atoms with Crippen LogP contribution < -0.4 is 4.74 Å². The first-order chi connectivity index (χ1) is 12.4. The first kappa shape index (κ1) is 18.7. The van der Waals surface area contributed by atoms with Crippen LogP contribution in [-0.2, 0) is 6.54 Å². The minimum Gasteiger partial charge on any atom is -0.474 e. The largest absolute Gasteiger partial charge is 0.474 e. The van der Waals surface area contributed by atoms with Crippen molar-refractivity contribution in [1.82, 2.24) is 19.9 Å². The molecule has 26 heavy (non-hydrogen) atoms. The second-order valence-corrected chi connectivity index (χ2v) is 7.08. The van der Waals surface area contributed by atoms with Crippen molar-refractivity contribution in [3.8, 4) is 5.88 Å². The van der Waals surface area contributed by atoms with Gasteiger partial charge >= 0.3 is 0 Å². The molecule has 140 valence electrons. The van der Waals surface area contributed by atoms with E-state index in [2.05, 4.69) is 15.0 Å². The van der Waals surface area contributed by atoms with Gasteiger partial charge in [-0.3, -0.25) is 9.69 Å². The maximum absolute atomic E-state index is 12.7. The van der Waals surface area contributed by atoms with Crippen molar-refractivity contribution >= 4 is 17.5 Å². The lowest BCUT2D eigenvalue weighted by Gasteiger charge is -2.34. The molecule has 0 atom stereocenters. The molecule has 0 unspecified atom stereocenters.